The van der Waals surface area contributed by atoms with Gasteiger partial charge < -0.3 is 14.8 Å². The van der Waals surface area contributed by atoms with E-state index in [4.69, 9.17) is 4.74 Å². The highest BCUT2D eigenvalue weighted by molar-refractivity contribution is 5.79. The predicted molar refractivity (Wildman–Crippen MR) is 88.6 cm³/mol. The van der Waals surface area contributed by atoms with Gasteiger partial charge in [-0.1, -0.05) is 19.3 Å². The van der Waals surface area contributed by atoms with E-state index in [0.717, 1.165) is 19.3 Å². The largest absolute Gasteiger partial charge is 0.497 e. The molecule has 0 amide bonds. The van der Waals surface area contributed by atoms with Crippen molar-refractivity contribution in [2.24, 2.45) is 5.92 Å². The molecule has 0 saturated heterocycles. The van der Waals surface area contributed by atoms with Gasteiger partial charge in [-0.25, -0.2) is 4.79 Å². The molecule has 4 nitrogen and oxygen atoms in total. The van der Waals surface area contributed by atoms with Crippen LogP contribution in [0.3, 0.4) is 0 Å². The van der Waals surface area contributed by atoms with E-state index in [2.05, 4.69) is 10.1 Å². The van der Waals surface area contributed by atoms with Gasteiger partial charge in [0.25, 0.3) is 0 Å². The van der Waals surface area contributed by atoms with Gasteiger partial charge in [-0.15, -0.1) is 0 Å². The summed E-state index contributed by atoms with van der Waals surface area (Å²) in [5.41, 5.74) is 0.537. The van der Waals surface area contributed by atoms with Crippen molar-refractivity contribution in [3.8, 4) is 5.75 Å². The fourth-order valence-corrected chi connectivity index (χ4v) is 3.19. The molecule has 1 saturated carbocycles. The Morgan fingerprint density at radius 2 is 1.88 bits per heavy atom. The summed E-state index contributed by atoms with van der Waals surface area (Å²) in [7, 11) is 1.54. The first-order chi connectivity index (χ1) is 11.5. The van der Waals surface area contributed by atoms with Gasteiger partial charge in [0, 0.05) is 5.69 Å². The number of anilines is 1. The third-order valence-electron chi connectivity index (χ3n) is 4.47. The predicted octanol–water partition coefficient (Wildman–Crippen LogP) is 4.25. The molecule has 0 aliphatic heterocycles. The highest BCUT2D eigenvalue weighted by Crippen LogP contribution is 2.36. The van der Waals surface area contributed by atoms with Crippen molar-refractivity contribution in [1.29, 1.82) is 0 Å². The Kier molecular flexibility index (Phi) is 6.40. The Hall–Kier alpha value is -1.85. The van der Waals surface area contributed by atoms with Crippen LogP contribution in [0.5, 0.6) is 5.75 Å². The van der Waals surface area contributed by atoms with Crippen LogP contribution in [0.1, 0.15) is 39.0 Å². The summed E-state index contributed by atoms with van der Waals surface area (Å²) < 4.78 is 39.1. The zero-order valence-electron chi connectivity index (χ0n) is 14.2. The second-order valence-corrected chi connectivity index (χ2v) is 6.09. The van der Waals surface area contributed by atoms with E-state index in [1.54, 1.807) is 31.4 Å². The van der Waals surface area contributed by atoms with E-state index in [0.29, 0.717) is 24.3 Å². The van der Waals surface area contributed by atoms with Crippen molar-refractivity contribution in [3.05, 3.63) is 24.3 Å². The molecule has 1 aromatic rings. The van der Waals surface area contributed by atoms with Gasteiger partial charge >= 0.3 is 11.9 Å². The molecule has 2 rings (SSSR count). The topological polar surface area (TPSA) is 47.6 Å². The van der Waals surface area contributed by atoms with Crippen molar-refractivity contribution in [3.63, 3.8) is 0 Å². The van der Waals surface area contributed by atoms with Crippen LogP contribution in [-0.2, 0) is 9.53 Å². The molecular weight excluding hydrogens is 316 g/mol. The van der Waals surface area contributed by atoms with Gasteiger partial charge in [-0.3, -0.25) is 0 Å². The Bertz CT molecular complexity index is 528. The molecule has 6 heteroatoms. The Morgan fingerprint density at radius 1 is 1.25 bits per heavy atom. The highest BCUT2D eigenvalue weighted by Gasteiger charge is 2.52. The molecule has 0 aromatic heterocycles. The first kappa shape index (κ1) is 18.5. The van der Waals surface area contributed by atoms with Crippen LogP contribution in [-0.4, -0.2) is 31.7 Å². The van der Waals surface area contributed by atoms with Crippen LogP contribution in [0.15, 0.2) is 24.3 Å². The maximum absolute atomic E-state index is 14.7. The lowest BCUT2D eigenvalue weighted by Crippen LogP contribution is -2.51. The fraction of sp³-hybridized carbons (Fsp3) is 0.611. The van der Waals surface area contributed by atoms with E-state index >= 15 is 0 Å². The number of carbonyl (C=O) groups is 1. The summed E-state index contributed by atoms with van der Waals surface area (Å²) in [6.07, 6.45) is 4.23. The summed E-state index contributed by atoms with van der Waals surface area (Å²) in [5.74, 6) is -4.65. The van der Waals surface area contributed by atoms with Crippen LogP contribution in [0.4, 0.5) is 14.5 Å². The number of hydrogen-bond donors (Lipinski definition) is 1. The number of ether oxygens (including phenoxy) is 2. The number of nitrogens with one attached hydrogen (secondary N) is 1. The molecule has 1 fully saturated rings. The number of halogens is 2. The summed E-state index contributed by atoms with van der Waals surface area (Å²) in [6.45, 7) is 1.47. The number of alkyl halides is 2. The summed E-state index contributed by atoms with van der Waals surface area (Å²) in [5, 5.41) is 2.87. The van der Waals surface area contributed by atoms with Crippen LogP contribution >= 0.6 is 0 Å². The normalized spacial score (nSPS) is 17.2. The van der Waals surface area contributed by atoms with Crippen molar-refractivity contribution < 1.29 is 23.0 Å². The molecule has 1 aliphatic carbocycles. The lowest BCUT2D eigenvalue weighted by Gasteiger charge is -2.35. The molecule has 1 atom stereocenters. The van der Waals surface area contributed by atoms with Crippen LogP contribution < -0.4 is 10.1 Å². The van der Waals surface area contributed by atoms with E-state index in [9.17, 15) is 13.6 Å². The van der Waals surface area contributed by atoms with Gasteiger partial charge in [0.2, 0.25) is 0 Å². The molecule has 1 aromatic carbocycles. The second-order valence-electron chi connectivity index (χ2n) is 6.09. The van der Waals surface area contributed by atoms with Crippen LogP contribution in [0.2, 0.25) is 0 Å². The third-order valence-corrected chi connectivity index (χ3v) is 4.47. The number of methoxy groups -OCH3 is 1. The van der Waals surface area contributed by atoms with E-state index in [1.165, 1.54) is 6.92 Å². The van der Waals surface area contributed by atoms with E-state index in [1.807, 2.05) is 0 Å². The van der Waals surface area contributed by atoms with Gasteiger partial charge in [-0.2, -0.15) is 8.78 Å². The van der Waals surface area contributed by atoms with Crippen molar-refractivity contribution in [2.45, 2.75) is 51.0 Å². The SMILES string of the molecule is CCOC(=O)C(F)(F)C(Nc1ccc(OC)cc1)C1CCCCC1. The Morgan fingerprint density at radius 3 is 2.42 bits per heavy atom. The zero-order valence-corrected chi connectivity index (χ0v) is 14.2. The zero-order chi connectivity index (χ0) is 17.6. The fourth-order valence-electron chi connectivity index (χ4n) is 3.19. The van der Waals surface area contributed by atoms with Gasteiger partial charge in [0.05, 0.1) is 13.7 Å². The minimum Gasteiger partial charge on any atom is -0.497 e. The smallest absolute Gasteiger partial charge is 0.379 e. The van der Waals surface area contributed by atoms with Crippen molar-refractivity contribution >= 4 is 11.7 Å². The minimum absolute atomic E-state index is 0.0612. The quantitative estimate of drug-likeness (QED) is 0.753. The van der Waals surface area contributed by atoms with Gasteiger partial charge in [0.15, 0.2) is 0 Å². The molecule has 1 aliphatic rings. The molecule has 1 unspecified atom stereocenters. The Balaban J connectivity index is 2.22. The molecule has 0 spiro atoms. The molecule has 0 heterocycles. The average Bonchev–Trinajstić information content (AvgIpc) is 2.61. The maximum atomic E-state index is 14.7. The number of esters is 1. The molecule has 1 N–H and O–H groups in total. The lowest BCUT2D eigenvalue weighted by atomic mass is 9.81. The highest BCUT2D eigenvalue weighted by atomic mass is 19.3. The minimum atomic E-state index is -3.57. The van der Waals surface area contributed by atoms with Crippen molar-refractivity contribution in [1.82, 2.24) is 0 Å². The molecule has 134 valence electrons. The molecule has 0 bridgehead atoms. The van der Waals surface area contributed by atoms with Crippen LogP contribution in [0.25, 0.3) is 0 Å². The second kappa shape index (κ2) is 8.31. The number of rotatable bonds is 7. The van der Waals surface area contributed by atoms with Gasteiger partial charge in [0.1, 0.15) is 11.8 Å². The maximum Gasteiger partial charge on any atom is 0.379 e. The first-order valence-corrected chi connectivity index (χ1v) is 8.44. The van der Waals surface area contributed by atoms with E-state index < -0.39 is 17.9 Å². The van der Waals surface area contributed by atoms with Crippen LogP contribution in [0, 0.1) is 5.92 Å². The summed E-state index contributed by atoms with van der Waals surface area (Å²) in [6, 6.07) is 5.47. The molecular formula is C18H25F2NO3. The summed E-state index contributed by atoms with van der Waals surface area (Å²) >= 11 is 0. The van der Waals surface area contributed by atoms with Gasteiger partial charge in [-0.05, 0) is 49.9 Å². The molecule has 24 heavy (non-hydrogen) atoms. The third kappa shape index (κ3) is 4.36. The summed E-state index contributed by atoms with van der Waals surface area (Å²) in [4.78, 5) is 11.8. The average molecular weight is 341 g/mol. The monoisotopic (exact) mass is 341 g/mol. The molecule has 0 radical (unpaired) electrons. The van der Waals surface area contributed by atoms with E-state index in [-0.39, 0.29) is 12.5 Å². The lowest BCUT2D eigenvalue weighted by molar-refractivity contribution is -0.176. The van der Waals surface area contributed by atoms with Crippen molar-refractivity contribution in [2.75, 3.05) is 19.0 Å². The standard InChI is InChI=1S/C18H25F2NO3/c1-3-24-17(22)18(19,20)16(13-7-5-4-6-8-13)21-14-9-11-15(23-2)12-10-14/h9-13,16,21H,3-8H2,1-2H3. The Labute approximate surface area is 141 Å². The number of carbonyl (C=O) groups excluding carboxylic acids is 1. The number of benzene rings is 1. The number of hydrogen-bond acceptors (Lipinski definition) is 4. The first-order valence-electron chi connectivity index (χ1n) is 8.44.